The van der Waals surface area contributed by atoms with Crippen molar-refractivity contribution < 1.29 is 0 Å². The minimum Gasteiger partial charge on any atom is -0.279 e. The molecule has 274 valence electrons. The van der Waals surface area contributed by atoms with Crippen LogP contribution in [0.2, 0.25) is 0 Å². The monoisotopic (exact) mass is 734 g/mol. The average molecular weight is 735 g/mol. The molecule has 0 aliphatic carbocycles. The number of rotatable bonds is 11. The molecule has 7 aromatic carbocycles. The van der Waals surface area contributed by atoms with Gasteiger partial charge in [-0.15, -0.1) is 0 Å². The summed E-state index contributed by atoms with van der Waals surface area (Å²) in [4.78, 5) is 19.5. The summed E-state index contributed by atoms with van der Waals surface area (Å²) in [6.45, 7) is 8.46. The molecule has 0 saturated heterocycles. The zero-order chi connectivity index (χ0) is 39.0. The third-order valence-electron chi connectivity index (χ3n) is 10.2. The molecule has 0 unspecified atom stereocenters. The maximum atomic E-state index is 5.13. The molecule has 1 aromatic heterocycles. The van der Waals surface area contributed by atoms with Gasteiger partial charge in [0, 0.05) is 22.1 Å². The smallest absolute Gasteiger partial charge is 0.160 e. The molecule has 0 spiro atoms. The lowest BCUT2D eigenvalue weighted by atomic mass is 9.89. The van der Waals surface area contributed by atoms with Gasteiger partial charge in [-0.2, -0.15) is 0 Å². The number of aromatic nitrogens is 2. The zero-order valence-electron chi connectivity index (χ0n) is 32.2. The van der Waals surface area contributed by atoms with Crippen molar-refractivity contribution in [2.45, 2.75) is 20.4 Å². The Hall–Kier alpha value is -7.30. The van der Waals surface area contributed by atoms with Crippen molar-refractivity contribution in [1.29, 1.82) is 0 Å². The van der Waals surface area contributed by atoms with Crippen molar-refractivity contribution in [3.63, 3.8) is 0 Å². The first-order valence-corrected chi connectivity index (χ1v) is 19.2. The first kappa shape index (κ1) is 36.7. The molecule has 0 aliphatic rings. The Kier molecular flexibility index (Phi) is 10.9. The Balaban J connectivity index is 1.09. The molecule has 0 amide bonds. The molecule has 4 heteroatoms. The minimum absolute atomic E-state index is 0.536. The molecule has 8 rings (SSSR count). The van der Waals surface area contributed by atoms with Gasteiger partial charge in [0.2, 0.25) is 0 Å². The first-order chi connectivity index (χ1) is 28.1. The maximum absolute atomic E-state index is 5.13. The zero-order valence-corrected chi connectivity index (χ0v) is 32.2. The van der Waals surface area contributed by atoms with Crippen molar-refractivity contribution >= 4 is 34.6 Å². The second-order valence-corrected chi connectivity index (χ2v) is 13.9. The Bertz CT molecular complexity index is 2780. The number of allylic oxidation sites excluding steroid dienone is 4. The van der Waals surface area contributed by atoms with E-state index < -0.39 is 0 Å². The van der Waals surface area contributed by atoms with Crippen LogP contribution in [0, 0.1) is 0 Å². The molecule has 0 atom stereocenters. The SMILES string of the molecule is C=Nc1ccccc1C(=NCc1ccc(-c2ccccc2-c2ccccc2-c2ccc(-c3nc(/C(C)=C/C=C\C)c4ccccc4n3)cc2)cc1)c1ccccc1. The maximum Gasteiger partial charge on any atom is 0.160 e. The highest BCUT2D eigenvalue weighted by Crippen LogP contribution is 2.39. The second-order valence-electron chi connectivity index (χ2n) is 13.9. The summed E-state index contributed by atoms with van der Waals surface area (Å²) in [5.41, 5.74) is 15.8. The van der Waals surface area contributed by atoms with Gasteiger partial charge < -0.3 is 0 Å². The van der Waals surface area contributed by atoms with Crippen molar-refractivity contribution in [2.75, 3.05) is 0 Å². The molecule has 0 aliphatic heterocycles. The Labute approximate surface area is 335 Å². The number of benzene rings is 7. The van der Waals surface area contributed by atoms with E-state index in [1.165, 1.54) is 16.7 Å². The number of hydrogen-bond donors (Lipinski definition) is 0. The molecule has 0 bridgehead atoms. The minimum atomic E-state index is 0.536. The van der Waals surface area contributed by atoms with Crippen LogP contribution >= 0.6 is 0 Å². The highest BCUT2D eigenvalue weighted by molar-refractivity contribution is 6.15. The summed E-state index contributed by atoms with van der Waals surface area (Å²) in [5, 5.41) is 1.05. The van der Waals surface area contributed by atoms with E-state index >= 15 is 0 Å². The van der Waals surface area contributed by atoms with Gasteiger partial charge in [-0.25, -0.2) is 9.97 Å². The summed E-state index contributed by atoms with van der Waals surface area (Å²) in [5.74, 6) is 0.714. The van der Waals surface area contributed by atoms with Crippen LogP contribution in [-0.2, 0) is 6.54 Å². The van der Waals surface area contributed by atoms with Crippen LogP contribution in [0.25, 0.3) is 61.2 Å². The second kappa shape index (κ2) is 17.0. The lowest BCUT2D eigenvalue weighted by Gasteiger charge is -2.15. The molecule has 0 saturated carbocycles. The van der Waals surface area contributed by atoms with E-state index in [0.717, 1.165) is 72.5 Å². The molecular weight excluding hydrogens is 693 g/mol. The van der Waals surface area contributed by atoms with Crippen LogP contribution in [0.1, 0.15) is 36.2 Å². The fourth-order valence-corrected chi connectivity index (χ4v) is 7.26. The Morgan fingerprint density at radius 1 is 0.579 bits per heavy atom. The van der Waals surface area contributed by atoms with Gasteiger partial charge >= 0.3 is 0 Å². The van der Waals surface area contributed by atoms with Gasteiger partial charge in [0.1, 0.15) is 0 Å². The summed E-state index contributed by atoms with van der Waals surface area (Å²) >= 11 is 0. The van der Waals surface area contributed by atoms with Gasteiger partial charge in [-0.05, 0) is 77.2 Å². The summed E-state index contributed by atoms with van der Waals surface area (Å²) < 4.78 is 0. The summed E-state index contributed by atoms with van der Waals surface area (Å²) in [6.07, 6.45) is 6.18. The first-order valence-electron chi connectivity index (χ1n) is 19.2. The molecule has 8 aromatic rings. The van der Waals surface area contributed by atoms with Crippen LogP contribution < -0.4 is 0 Å². The normalized spacial score (nSPS) is 12.0. The third kappa shape index (κ3) is 7.93. The molecule has 0 fully saturated rings. The molecule has 0 radical (unpaired) electrons. The van der Waals surface area contributed by atoms with Crippen LogP contribution in [0.5, 0.6) is 0 Å². The van der Waals surface area contributed by atoms with E-state index in [2.05, 4.69) is 152 Å². The van der Waals surface area contributed by atoms with E-state index in [1.54, 1.807) is 0 Å². The fourth-order valence-electron chi connectivity index (χ4n) is 7.26. The fraction of sp³-hybridized carbons (Fsp3) is 0.0566. The predicted molar refractivity (Wildman–Crippen MR) is 241 cm³/mol. The molecule has 57 heavy (non-hydrogen) atoms. The van der Waals surface area contributed by atoms with E-state index in [0.29, 0.717) is 12.4 Å². The van der Waals surface area contributed by atoms with Gasteiger partial charge in [-0.1, -0.05) is 182 Å². The summed E-state index contributed by atoms with van der Waals surface area (Å²) in [6, 6.07) is 61.2. The average Bonchev–Trinajstić information content (AvgIpc) is 3.28. The number of fused-ring (bicyclic) bond motifs is 1. The van der Waals surface area contributed by atoms with Crippen molar-refractivity contribution in [3.8, 4) is 44.8 Å². The van der Waals surface area contributed by atoms with Gasteiger partial charge in [-0.3, -0.25) is 9.98 Å². The Morgan fingerprint density at radius 2 is 1.14 bits per heavy atom. The molecule has 1 heterocycles. The largest absolute Gasteiger partial charge is 0.279 e. The highest BCUT2D eigenvalue weighted by Gasteiger charge is 2.15. The van der Waals surface area contributed by atoms with Crippen molar-refractivity contribution in [2.24, 2.45) is 9.98 Å². The number of nitrogens with zero attached hydrogens (tertiary/aromatic N) is 4. The number of aliphatic imine (C=N–C) groups is 2. The molecule has 0 N–H and O–H groups in total. The van der Waals surface area contributed by atoms with Crippen LogP contribution in [0.3, 0.4) is 0 Å². The van der Waals surface area contributed by atoms with Gasteiger partial charge in [0.15, 0.2) is 5.82 Å². The third-order valence-corrected chi connectivity index (χ3v) is 10.2. The topological polar surface area (TPSA) is 50.5 Å². The van der Waals surface area contributed by atoms with Gasteiger partial charge in [0.05, 0.1) is 29.2 Å². The lowest BCUT2D eigenvalue weighted by Crippen LogP contribution is -2.04. The highest BCUT2D eigenvalue weighted by atomic mass is 14.9. The van der Waals surface area contributed by atoms with Crippen molar-refractivity contribution in [3.05, 3.63) is 217 Å². The van der Waals surface area contributed by atoms with E-state index in [4.69, 9.17) is 15.0 Å². The number of hydrogen-bond acceptors (Lipinski definition) is 4. The number of para-hydroxylation sites is 2. The van der Waals surface area contributed by atoms with E-state index in [1.807, 2.05) is 67.6 Å². The van der Waals surface area contributed by atoms with Crippen LogP contribution in [0.15, 0.2) is 204 Å². The summed E-state index contributed by atoms with van der Waals surface area (Å²) in [7, 11) is 0. The van der Waals surface area contributed by atoms with Crippen molar-refractivity contribution in [1.82, 2.24) is 9.97 Å². The molecule has 4 nitrogen and oxygen atoms in total. The standard InChI is InChI=1S/C53H42N4/c1-4-5-17-37(2)51-48-25-14-16-27-50(48)56-53(57-51)42-34-32-40(33-35-42)44-21-10-12-23-46(44)45-22-11-9-20-43(45)39-30-28-38(29-31-39)36-55-52(41-18-7-6-8-19-41)47-24-13-15-26-49(47)54-3/h4-35H,3,36H2,1-2H3/b5-4-,37-17+,55-52?. The molecular formula is C53H42N4. The van der Waals surface area contributed by atoms with Gasteiger partial charge in [0.25, 0.3) is 0 Å². The lowest BCUT2D eigenvalue weighted by molar-refractivity contribution is 1.07. The van der Waals surface area contributed by atoms with E-state index in [9.17, 15) is 0 Å². The van der Waals surface area contributed by atoms with E-state index in [-0.39, 0.29) is 0 Å². The quantitative estimate of drug-likeness (QED) is 0.0981. The Morgan fingerprint density at radius 3 is 1.81 bits per heavy atom. The van der Waals surface area contributed by atoms with Crippen LogP contribution in [-0.4, -0.2) is 22.4 Å². The predicted octanol–water partition coefficient (Wildman–Crippen LogP) is 13.6. The van der Waals surface area contributed by atoms with Crippen LogP contribution in [0.4, 0.5) is 5.69 Å².